The second kappa shape index (κ2) is 11.9. The number of imidazole rings is 1. The molecule has 0 aliphatic heterocycles. The Bertz CT molecular complexity index is 1070. The Morgan fingerprint density at radius 2 is 1.81 bits per heavy atom. The number of fused-ring (bicyclic) bond motifs is 1. The summed E-state index contributed by atoms with van der Waals surface area (Å²) in [6.45, 7) is 14.7. The molecule has 6 nitrogen and oxygen atoms in total. The van der Waals surface area contributed by atoms with Gasteiger partial charge in [0.05, 0.1) is 31.8 Å². The molecule has 2 aromatic rings. The van der Waals surface area contributed by atoms with Crippen LogP contribution in [-0.4, -0.2) is 51.6 Å². The van der Waals surface area contributed by atoms with E-state index in [9.17, 15) is 17.4 Å². The monoisotopic (exact) mass is 617 g/mol. The number of ether oxygens (including phenoxy) is 2. The minimum atomic E-state index is -4.58. The molecule has 36 heavy (non-hydrogen) atoms. The molecule has 206 valence electrons. The largest absolute Gasteiger partial charge is 0.414 e. The first-order chi connectivity index (χ1) is 16.3. The predicted octanol–water partition coefficient (Wildman–Crippen LogP) is 6.70. The van der Waals surface area contributed by atoms with Gasteiger partial charge in [-0.05, 0) is 68.7 Å². The fraction of sp³-hybridized carbons (Fsp3) is 0.696. The standard InChI is InChI=1S/C23H36BrF4N3O3SSi/c1-14(34-15(2)23(26,27)28)19(30-35(32)22(3,4)5)21-29-20-17(10-9-16(24)18(20)25)31(21)13-33-11-12-36(6,7)8/h9-10,14-15,19,30H,11-13H2,1-8H3/t14-,15-,19+,35?/m1/s1. The van der Waals surface area contributed by atoms with Crippen LogP contribution in [0.3, 0.4) is 0 Å². The quantitative estimate of drug-likeness (QED) is 0.173. The van der Waals surface area contributed by atoms with Crippen molar-refractivity contribution >= 4 is 46.0 Å². The predicted molar refractivity (Wildman–Crippen MR) is 141 cm³/mol. The van der Waals surface area contributed by atoms with E-state index >= 15 is 4.39 Å². The van der Waals surface area contributed by atoms with Gasteiger partial charge < -0.3 is 14.0 Å². The van der Waals surface area contributed by atoms with E-state index < -0.39 is 54.0 Å². The molecular formula is C23H36BrF4N3O3SSi. The summed E-state index contributed by atoms with van der Waals surface area (Å²) < 4.78 is 83.0. The van der Waals surface area contributed by atoms with Crippen molar-refractivity contribution in [1.29, 1.82) is 0 Å². The molecule has 0 saturated carbocycles. The van der Waals surface area contributed by atoms with Crippen molar-refractivity contribution in [3.8, 4) is 0 Å². The van der Waals surface area contributed by atoms with Gasteiger partial charge >= 0.3 is 6.18 Å². The molecule has 0 fully saturated rings. The zero-order valence-corrected chi connectivity index (χ0v) is 25.3. The van der Waals surface area contributed by atoms with E-state index in [4.69, 9.17) is 9.47 Å². The second-order valence-electron chi connectivity index (χ2n) is 11.0. The van der Waals surface area contributed by atoms with Crippen molar-refractivity contribution in [2.75, 3.05) is 6.61 Å². The Hall–Kier alpha value is -0.863. The van der Waals surface area contributed by atoms with Crippen LogP contribution in [0.4, 0.5) is 17.6 Å². The van der Waals surface area contributed by atoms with E-state index in [1.807, 2.05) is 0 Å². The van der Waals surface area contributed by atoms with E-state index in [0.29, 0.717) is 12.1 Å². The molecule has 0 aliphatic carbocycles. The normalized spacial score (nSPS) is 16.8. The third-order valence-corrected chi connectivity index (χ3v) is 9.37. The molecule has 4 atom stereocenters. The maximum atomic E-state index is 15.0. The molecule has 1 heterocycles. The lowest BCUT2D eigenvalue weighted by Crippen LogP contribution is -2.43. The van der Waals surface area contributed by atoms with Gasteiger partial charge in [0.25, 0.3) is 0 Å². The highest BCUT2D eigenvalue weighted by Crippen LogP contribution is 2.32. The van der Waals surface area contributed by atoms with E-state index in [0.717, 1.165) is 13.0 Å². The van der Waals surface area contributed by atoms with E-state index in [-0.39, 0.29) is 22.5 Å². The highest BCUT2D eigenvalue weighted by Gasteiger charge is 2.41. The van der Waals surface area contributed by atoms with E-state index in [2.05, 4.69) is 45.3 Å². The summed E-state index contributed by atoms with van der Waals surface area (Å²) in [5, 5.41) is 0. The van der Waals surface area contributed by atoms with Gasteiger partial charge in [-0.1, -0.05) is 19.6 Å². The second-order valence-corrected chi connectivity index (χ2v) is 19.5. The molecule has 2 rings (SSSR count). The summed E-state index contributed by atoms with van der Waals surface area (Å²) in [5.41, 5.74) is 0.431. The summed E-state index contributed by atoms with van der Waals surface area (Å²) in [6, 6.07) is 3.03. The van der Waals surface area contributed by atoms with Crippen molar-refractivity contribution in [2.24, 2.45) is 0 Å². The van der Waals surface area contributed by atoms with Crippen LogP contribution < -0.4 is 4.72 Å². The minimum absolute atomic E-state index is 0.000731. The first-order valence-electron chi connectivity index (χ1n) is 11.6. The SMILES string of the molecule is C[C@@H](O[C@H](C)C(F)(F)F)[C@H](NS(=O)C(C)(C)C)c1nc2c(F)c(Br)ccc2n1COCC[Si](C)(C)C. The molecule has 1 unspecified atom stereocenters. The number of nitrogens with one attached hydrogen (secondary N) is 1. The molecule has 0 bridgehead atoms. The smallest absolute Gasteiger partial charge is 0.364 e. The topological polar surface area (TPSA) is 65.4 Å². The molecule has 0 saturated heterocycles. The van der Waals surface area contributed by atoms with Crippen molar-refractivity contribution < 1.29 is 31.2 Å². The highest BCUT2D eigenvalue weighted by atomic mass is 79.9. The van der Waals surface area contributed by atoms with E-state index in [1.54, 1.807) is 31.4 Å². The first kappa shape index (κ1) is 31.4. The first-order valence-corrected chi connectivity index (χ1v) is 17.3. The summed E-state index contributed by atoms with van der Waals surface area (Å²) in [4.78, 5) is 4.45. The van der Waals surface area contributed by atoms with Crippen molar-refractivity contribution in [2.45, 2.75) is 96.2 Å². The maximum absolute atomic E-state index is 15.0. The van der Waals surface area contributed by atoms with Crippen molar-refractivity contribution in [1.82, 2.24) is 14.3 Å². The van der Waals surface area contributed by atoms with Gasteiger partial charge in [0, 0.05) is 14.7 Å². The number of aromatic nitrogens is 2. The van der Waals surface area contributed by atoms with Crippen molar-refractivity contribution in [3.63, 3.8) is 0 Å². The number of hydrogen-bond acceptors (Lipinski definition) is 4. The molecular weight excluding hydrogens is 582 g/mol. The van der Waals surface area contributed by atoms with Crippen LogP contribution in [0.25, 0.3) is 11.0 Å². The Labute approximate surface area is 222 Å². The van der Waals surface area contributed by atoms with Gasteiger partial charge in [-0.15, -0.1) is 0 Å². The third-order valence-electron chi connectivity index (χ3n) is 5.48. The fourth-order valence-electron chi connectivity index (χ4n) is 3.19. The Morgan fingerprint density at radius 3 is 2.33 bits per heavy atom. The van der Waals surface area contributed by atoms with Crippen LogP contribution in [-0.2, 0) is 27.2 Å². The Morgan fingerprint density at radius 1 is 1.19 bits per heavy atom. The van der Waals surface area contributed by atoms with Crippen LogP contribution in [0.2, 0.25) is 25.7 Å². The number of halogens is 5. The van der Waals surface area contributed by atoms with Crippen LogP contribution in [0, 0.1) is 5.82 Å². The molecule has 0 amide bonds. The molecule has 1 aromatic heterocycles. The summed E-state index contributed by atoms with van der Waals surface area (Å²) in [7, 11) is -3.06. The highest BCUT2D eigenvalue weighted by molar-refractivity contribution is 9.10. The van der Waals surface area contributed by atoms with Gasteiger partial charge in [-0.25, -0.2) is 18.3 Å². The van der Waals surface area contributed by atoms with Gasteiger partial charge in [0.15, 0.2) is 11.9 Å². The van der Waals surface area contributed by atoms with Gasteiger partial charge in [-0.2, -0.15) is 13.2 Å². The lowest BCUT2D eigenvalue weighted by molar-refractivity contribution is -0.227. The molecule has 13 heteroatoms. The van der Waals surface area contributed by atoms with Gasteiger partial charge in [0.1, 0.15) is 24.1 Å². The molecule has 0 spiro atoms. The summed E-state index contributed by atoms with van der Waals surface area (Å²) in [6.07, 6.45) is -7.77. The van der Waals surface area contributed by atoms with Gasteiger partial charge in [-0.3, -0.25) is 0 Å². The zero-order chi connectivity index (χ0) is 27.6. The Kier molecular flexibility index (Phi) is 10.4. The third kappa shape index (κ3) is 8.32. The zero-order valence-electron chi connectivity index (χ0n) is 21.9. The van der Waals surface area contributed by atoms with Crippen molar-refractivity contribution in [3.05, 3.63) is 28.2 Å². The molecule has 0 aliphatic rings. The maximum Gasteiger partial charge on any atom is 0.414 e. The van der Waals surface area contributed by atoms with Gasteiger partial charge in [0.2, 0.25) is 0 Å². The number of benzene rings is 1. The van der Waals surface area contributed by atoms with E-state index in [1.165, 1.54) is 13.0 Å². The number of hydrogen-bond donors (Lipinski definition) is 1. The average Bonchev–Trinajstić information content (AvgIpc) is 3.08. The molecule has 1 N–H and O–H groups in total. The Balaban J connectivity index is 2.57. The summed E-state index contributed by atoms with van der Waals surface area (Å²) in [5.74, 6) is -0.433. The number of nitrogens with zero attached hydrogens (tertiary/aromatic N) is 2. The van der Waals surface area contributed by atoms with Crippen LogP contribution >= 0.6 is 15.9 Å². The lowest BCUT2D eigenvalue weighted by atomic mass is 10.1. The molecule has 1 aromatic carbocycles. The summed E-state index contributed by atoms with van der Waals surface area (Å²) >= 11 is 3.16. The average molecular weight is 619 g/mol. The molecule has 0 radical (unpaired) electrons. The minimum Gasteiger partial charge on any atom is -0.364 e. The van der Waals surface area contributed by atoms with Crippen LogP contribution in [0.5, 0.6) is 0 Å². The number of rotatable bonds is 11. The number of alkyl halides is 3. The van der Waals surface area contributed by atoms with Crippen LogP contribution in [0.1, 0.15) is 46.5 Å². The fourth-order valence-corrected chi connectivity index (χ4v) is 5.15. The van der Waals surface area contributed by atoms with Crippen LogP contribution in [0.15, 0.2) is 16.6 Å². The lowest BCUT2D eigenvalue weighted by Gasteiger charge is -2.30.